The maximum Gasteiger partial charge on any atom is 0.392 e. The third-order valence-corrected chi connectivity index (χ3v) is 1.78. The average molecular weight is 206 g/mol. The molecule has 0 aliphatic carbocycles. The Morgan fingerprint density at radius 1 is 1.47 bits per heavy atom. The fourth-order valence-electron chi connectivity index (χ4n) is 1.05. The minimum atomic E-state index is -1.30. The maximum absolute atomic E-state index is 10.6. The smallest absolute Gasteiger partial charge is 0.392 e. The predicted octanol–water partition coefficient (Wildman–Crippen LogP) is 1.64. The third kappa shape index (κ3) is 2.28. The van der Waals surface area contributed by atoms with Crippen molar-refractivity contribution < 1.29 is 14.8 Å². The van der Waals surface area contributed by atoms with Crippen molar-refractivity contribution in [2.75, 3.05) is 0 Å². The lowest BCUT2D eigenvalue weighted by Gasteiger charge is -1.99. The Balaban J connectivity index is 3.03. The summed E-state index contributed by atoms with van der Waals surface area (Å²) < 4.78 is 0. The Morgan fingerprint density at radius 2 is 2.00 bits per heavy atom. The van der Waals surface area contributed by atoms with Crippen LogP contribution in [0.5, 0.6) is 0 Å². The van der Waals surface area contributed by atoms with Crippen LogP contribution in [0.15, 0.2) is 24.3 Å². The Labute approximate surface area is 84.7 Å². The molecule has 1 atom stereocenters. The van der Waals surface area contributed by atoms with Gasteiger partial charge in [-0.1, -0.05) is 0 Å². The number of nitrogens with zero attached hydrogens (tertiary/aromatic N) is 2. The zero-order chi connectivity index (χ0) is 11.4. The molecule has 0 spiro atoms. The Kier molecular flexibility index (Phi) is 2.98. The highest BCUT2D eigenvalue weighted by Crippen LogP contribution is 2.20. The molecule has 1 aromatic rings. The van der Waals surface area contributed by atoms with Crippen molar-refractivity contribution >= 4 is 11.7 Å². The molecule has 6 nitrogen and oxygen atoms in total. The van der Waals surface area contributed by atoms with E-state index < -0.39 is 16.9 Å². The summed E-state index contributed by atoms with van der Waals surface area (Å²) in [4.78, 5) is 23.2. The van der Waals surface area contributed by atoms with Gasteiger partial charge in [-0.05, 0) is 12.1 Å². The van der Waals surface area contributed by atoms with Crippen molar-refractivity contribution in [3.8, 4) is 0 Å². The number of rotatable bonds is 3. The molecule has 1 unspecified atom stereocenters. The highest BCUT2D eigenvalue weighted by Gasteiger charge is 2.25. The van der Waals surface area contributed by atoms with Gasteiger partial charge in [-0.25, -0.2) is 11.4 Å². The molecule has 15 heavy (non-hydrogen) atoms. The number of nitro benzene ring substituents is 1. The van der Waals surface area contributed by atoms with Gasteiger partial charge in [0.25, 0.3) is 5.69 Å². The van der Waals surface area contributed by atoms with Gasteiger partial charge in [0.15, 0.2) is 0 Å². The van der Waals surface area contributed by atoms with Crippen LogP contribution in [0.3, 0.4) is 0 Å². The normalized spacial score (nSPS) is 11.4. The van der Waals surface area contributed by atoms with Gasteiger partial charge in [0.2, 0.25) is 0 Å². The summed E-state index contributed by atoms with van der Waals surface area (Å²) in [6.45, 7) is 6.68. The molecule has 0 fully saturated rings. The summed E-state index contributed by atoms with van der Waals surface area (Å²) in [6.07, 6.45) is 0. The predicted molar refractivity (Wildman–Crippen MR) is 50.1 cm³/mol. The number of hydrogen-bond donors (Lipinski definition) is 1. The molecule has 0 radical (unpaired) electrons. The standard InChI is InChI=1S/C9H6N2O4/c1-10-8(9(12)13)6-2-4-7(5-3-6)11(14)15/h2-5,8H,(H,12,13). The monoisotopic (exact) mass is 206 g/mol. The topological polar surface area (TPSA) is 84.8 Å². The van der Waals surface area contributed by atoms with E-state index in [1.807, 2.05) is 0 Å². The molecule has 1 aromatic carbocycles. The molecule has 0 saturated heterocycles. The molecule has 6 heteroatoms. The van der Waals surface area contributed by atoms with Crippen LogP contribution in [0.4, 0.5) is 5.69 Å². The number of carboxylic acids is 1. The van der Waals surface area contributed by atoms with E-state index in [1.165, 1.54) is 24.3 Å². The van der Waals surface area contributed by atoms with Gasteiger partial charge in [-0.2, -0.15) is 0 Å². The number of nitro groups is 1. The van der Waals surface area contributed by atoms with Crippen LogP contribution in [-0.4, -0.2) is 16.0 Å². The molecule has 76 valence electrons. The van der Waals surface area contributed by atoms with Crippen molar-refractivity contribution in [3.05, 3.63) is 51.4 Å². The highest BCUT2D eigenvalue weighted by molar-refractivity contribution is 5.77. The molecule has 0 aromatic heterocycles. The Morgan fingerprint density at radius 3 is 2.33 bits per heavy atom. The van der Waals surface area contributed by atoms with E-state index in [0.29, 0.717) is 0 Å². The first-order chi connectivity index (χ1) is 7.06. The molecular weight excluding hydrogens is 200 g/mol. The first-order valence-corrected chi connectivity index (χ1v) is 3.90. The Bertz CT molecular complexity index is 432. The lowest BCUT2D eigenvalue weighted by molar-refractivity contribution is -0.384. The zero-order valence-electron chi connectivity index (χ0n) is 7.45. The van der Waals surface area contributed by atoms with Crippen LogP contribution >= 0.6 is 0 Å². The molecule has 1 N–H and O–H groups in total. The summed E-state index contributed by atoms with van der Waals surface area (Å²) in [5, 5.41) is 19.0. The van der Waals surface area contributed by atoms with Crippen molar-refractivity contribution in [3.63, 3.8) is 0 Å². The fraction of sp³-hybridized carbons (Fsp3) is 0.111. The highest BCUT2D eigenvalue weighted by atomic mass is 16.6. The molecule has 0 aliphatic heterocycles. The van der Waals surface area contributed by atoms with E-state index in [0.717, 1.165) is 0 Å². The van der Waals surface area contributed by atoms with E-state index in [2.05, 4.69) is 4.85 Å². The largest absolute Gasteiger partial charge is 0.475 e. The first-order valence-electron chi connectivity index (χ1n) is 3.90. The van der Waals surface area contributed by atoms with Crippen molar-refractivity contribution in [1.82, 2.24) is 0 Å². The first kappa shape index (κ1) is 10.7. The van der Waals surface area contributed by atoms with Gasteiger partial charge in [-0.3, -0.25) is 15.0 Å². The van der Waals surface area contributed by atoms with Crippen LogP contribution in [0.1, 0.15) is 11.6 Å². The van der Waals surface area contributed by atoms with Gasteiger partial charge in [0, 0.05) is 17.7 Å². The number of benzene rings is 1. The fourth-order valence-corrected chi connectivity index (χ4v) is 1.05. The van der Waals surface area contributed by atoms with Crippen molar-refractivity contribution in [1.29, 1.82) is 0 Å². The summed E-state index contributed by atoms with van der Waals surface area (Å²) in [7, 11) is 0. The lowest BCUT2D eigenvalue weighted by Crippen LogP contribution is -2.07. The molecule has 0 saturated carbocycles. The Hall–Kier alpha value is -2.42. The van der Waals surface area contributed by atoms with Crippen LogP contribution in [-0.2, 0) is 4.79 Å². The zero-order valence-corrected chi connectivity index (χ0v) is 7.45. The van der Waals surface area contributed by atoms with Gasteiger partial charge in [-0.15, -0.1) is 0 Å². The van der Waals surface area contributed by atoms with Crippen LogP contribution in [0.25, 0.3) is 4.85 Å². The second-order valence-electron chi connectivity index (χ2n) is 2.72. The second kappa shape index (κ2) is 4.19. The molecule has 1 rings (SSSR count). The number of carbonyl (C=O) groups is 1. The molecule has 0 heterocycles. The number of hydrogen-bond acceptors (Lipinski definition) is 3. The van der Waals surface area contributed by atoms with Crippen molar-refractivity contribution in [2.24, 2.45) is 0 Å². The summed E-state index contributed by atoms with van der Waals surface area (Å²) in [5.74, 6) is -1.26. The SMILES string of the molecule is [C-]#[N+]C(C(=O)O)c1ccc([N+](=O)[O-])cc1. The van der Waals surface area contributed by atoms with E-state index in [-0.39, 0.29) is 11.3 Å². The molecular formula is C9H6N2O4. The number of non-ortho nitro benzene ring substituents is 1. The van der Waals surface area contributed by atoms with Gasteiger partial charge in [0.05, 0.1) is 4.92 Å². The van der Waals surface area contributed by atoms with Gasteiger partial charge < -0.3 is 5.11 Å². The van der Waals surface area contributed by atoms with E-state index >= 15 is 0 Å². The van der Waals surface area contributed by atoms with Crippen LogP contribution < -0.4 is 0 Å². The van der Waals surface area contributed by atoms with Gasteiger partial charge >= 0.3 is 12.0 Å². The average Bonchev–Trinajstić information content (AvgIpc) is 2.19. The number of aliphatic carboxylic acids is 1. The molecule has 0 aliphatic rings. The van der Waals surface area contributed by atoms with Crippen LogP contribution in [0, 0.1) is 16.7 Å². The molecule has 0 amide bonds. The molecule has 0 bridgehead atoms. The van der Waals surface area contributed by atoms with Gasteiger partial charge in [0.1, 0.15) is 0 Å². The van der Waals surface area contributed by atoms with Crippen molar-refractivity contribution in [2.45, 2.75) is 6.04 Å². The quantitative estimate of drug-likeness (QED) is 0.462. The minimum absolute atomic E-state index is 0.132. The number of carboxylic acid groups (broad SMARTS) is 1. The third-order valence-electron chi connectivity index (χ3n) is 1.78. The second-order valence-corrected chi connectivity index (χ2v) is 2.72. The summed E-state index contributed by atoms with van der Waals surface area (Å²) in [5.41, 5.74) is 0.107. The minimum Gasteiger partial charge on any atom is -0.475 e. The van der Waals surface area contributed by atoms with E-state index in [9.17, 15) is 14.9 Å². The lowest BCUT2D eigenvalue weighted by atomic mass is 10.1. The van der Waals surface area contributed by atoms with Crippen LogP contribution in [0.2, 0.25) is 0 Å². The maximum atomic E-state index is 10.6. The summed E-state index contributed by atoms with van der Waals surface area (Å²) in [6, 6.07) is 3.60. The van der Waals surface area contributed by atoms with E-state index in [1.54, 1.807) is 0 Å². The summed E-state index contributed by atoms with van der Waals surface area (Å²) >= 11 is 0. The van der Waals surface area contributed by atoms with E-state index in [4.69, 9.17) is 11.7 Å².